The Morgan fingerprint density at radius 1 is 1.39 bits per heavy atom. The van der Waals surface area contributed by atoms with E-state index in [1.807, 2.05) is 6.07 Å². The van der Waals surface area contributed by atoms with Crippen molar-refractivity contribution >= 4 is 29.3 Å². The molecule has 1 heterocycles. The van der Waals surface area contributed by atoms with Crippen molar-refractivity contribution in [3.8, 4) is 5.75 Å². The van der Waals surface area contributed by atoms with E-state index in [2.05, 4.69) is 5.32 Å². The Morgan fingerprint density at radius 3 is 2.78 bits per heavy atom. The number of para-hydroxylation sites is 1. The highest BCUT2D eigenvalue weighted by atomic mass is 32.1. The standard InChI is InChI=1S/C13H12N2O2S/c16-11-4-2-1-3-8(11)7-10-12(17)15(9-5-6-9)13(18)14-10/h1-4,7,9,16H,5-6H2,(H,14,18). The number of carbonyl (C=O) groups is 1. The summed E-state index contributed by atoms with van der Waals surface area (Å²) in [4.78, 5) is 13.8. The molecule has 1 saturated heterocycles. The Bertz CT molecular complexity index is 564. The molecular formula is C13H12N2O2S. The van der Waals surface area contributed by atoms with Gasteiger partial charge in [0.2, 0.25) is 0 Å². The quantitative estimate of drug-likeness (QED) is 0.626. The Morgan fingerprint density at radius 2 is 2.11 bits per heavy atom. The van der Waals surface area contributed by atoms with Gasteiger partial charge in [0, 0.05) is 11.6 Å². The molecule has 5 heteroatoms. The number of thiocarbonyl (C=S) groups is 1. The Hall–Kier alpha value is -1.88. The van der Waals surface area contributed by atoms with Crippen LogP contribution in [0, 0.1) is 0 Å². The predicted molar refractivity (Wildman–Crippen MR) is 71.7 cm³/mol. The number of hydrogen-bond acceptors (Lipinski definition) is 3. The molecule has 1 aliphatic heterocycles. The molecule has 0 unspecified atom stereocenters. The van der Waals surface area contributed by atoms with Crippen LogP contribution in [0.5, 0.6) is 5.75 Å². The van der Waals surface area contributed by atoms with Gasteiger partial charge in [0.05, 0.1) is 0 Å². The van der Waals surface area contributed by atoms with Gasteiger partial charge < -0.3 is 10.4 Å². The van der Waals surface area contributed by atoms with E-state index in [0.29, 0.717) is 16.4 Å². The maximum atomic E-state index is 12.1. The van der Waals surface area contributed by atoms with Crippen molar-refractivity contribution in [2.75, 3.05) is 0 Å². The number of nitrogens with zero attached hydrogens (tertiary/aromatic N) is 1. The zero-order valence-electron chi connectivity index (χ0n) is 9.59. The highest BCUT2D eigenvalue weighted by Gasteiger charge is 2.41. The van der Waals surface area contributed by atoms with E-state index in [4.69, 9.17) is 12.2 Å². The molecule has 18 heavy (non-hydrogen) atoms. The van der Waals surface area contributed by atoms with Crippen molar-refractivity contribution in [3.05, 3.63) is 35.5 Å². The topological polar surface area (TPSA) is 52.6 Å². The lowest BCUT2D eigenvalue weighted by Crippen LogP contribution is -2.32. The SMILES string of the molecule is O=C1C(=Cc2ccccc2O)NC(=S)N1C1CC1. The maximum Gasteiger partial charge on any atom is 0.276 e. The number of amides is 1. The molecule has 0 bridgehead atoms. The van der Waals surface area contributed by atoms with Crippen molar-refractivity contribution in [1.29, 1.82) is 0 Å². The van der Waals surface area contributed by atoms with Crippen LogP contribution >= 0.6 is 12.2 Å². The van der Waals surface area contributed by atoms with E-state index in [1.54, 1.807) is 29.2 Å². The van der Waals surface area contributed by atoms with Crippen LogP contribution in [0.4, 0.5) is 0 Å². The van der Waals surface area contributed by atoms with Gasteiger partial charge in [-0.3, -0.25) is 9.69 Å². The van der Waals surface area contributed by atoms with Gasteiger partial charge in [-0.2, -0.15) is 0 Å². The first kappa shape index (κ1) is 11.2. The van der Waals surface area contributed by atoms with Gasteiger partial charge in [-0.25, -0.2) is 0 Å². The number of hydrogen-bond donors (Lipinski definition) is 2. The third-order valence-electron chi connectivity index (χ3n) is 3.06. The van der Waals surface area contributed by atoms with Gasteiger partial charge in [-0.1, -0.05) is 18.2 Å². The predicted octanol–water partition coefficient (Wildman–Crippen LogP) is 1.61. The van der Waals surface area contributed by atoms with Gasteiger partial charge in [0.1, 0.15) is 11.4 Å². The second-order valence-corrected chi connectivity index (χ2v) is 4.84. The number of nitrogens with one attached hydrogen (secondary N) is 1. The van der Waals surface area contributed by atoms with E-state index < -0.39 is 0 Å². The summed E-state index contributed by atoms with van der Waals surface area (Å²) in [5, 5.41) is 13.1. The van der Waals surface area contributed by atoms with Crippen molar-refractivity contribution in [2.24, 2.45) is 0 Å². The molecule has 0 atom stereocenters. The van der Waals surface area contributed by atoms with E-state index in [9.17, 15) is 9.90 Å². The van der Waals surface area contributed by atoms with Crippen LogP contribution in [-0.4, -0.2) is 27.1 Å². The van der Waals surface area contributed by atoms with E-state index in [1.165, 1.54) is 0 Å². The maximum absolute atomic E-state index is 12.1. The van der Waals surface area contributed by atoms with Crippen molar-refractivity contribution in [2.45, 2.75) is 18.9 Å². The molecule has 1 aromatic carbocycles. The van der Waals surface area contributed by atoms with Gasteiger partial charge >= 0.3 is 0 Å². The zero-order valence-corrected chi connectivity index (χ0v) is 10.4. The van der Waals surface area contributed by atoms with Crippen LogP contribution in [0.1, 0.15) is 18.4 Å². The Labute approximate surface area is 110 Å². The van der Waals surface area contributed by atoms with Crippen molar-refractivity contribution < 1.29 is 9.90 Å². The lowest BCUT2D eigenvalue weighted by molar-refractivity contribution is -0.122. The number of phenols is 1. The van der Waals surface area contributed by atoms with E-state index in [0.717, 1.165) is 12.8 Å². The summed E-state index contributed by atoms with van der Waals surface area (Å²) >= 11 is 5.15. The second-order valence-electron chi connectivity index (χ2n) is 4.45. The molecule has 1 aliphatic carbocycles. The molecule has 0 aromatic heterocycles. The van der Waals surface area contributed by atoms with Gasteiger partial charge in [-0.15, -0.1) is 0 Å². The zero-order chi connectivity index (χ0) is 12.7. The molecule has 0 radical (unpaired) electrons. The summed E-state index contributed by atoms with van der Waals surface area (Å²) in [6, 6.07) is 7.14. The minimum Gasteiger partial charge on any atom is -0.507 e. The van der Waals surface area contributed by atoms with Gasteiger partial charge in [0.15, 0.2) is 5.11 Å². The monoisotopic (exact) mass is 260 g/mol. The molecule has 1 aromatic rings. The average Bonchev–Trinajstić information content (AvgIpc) is 3.11. The number of carbonyl (C=O) groups excluding carboxylic acids is 1. The normalized spacial score (nSPS) is 21.6. The molecule has 0 spiro atoms. The minimum absolute atomic E-state index is 0.106. The van der Waals surface area contributed by atoms with Crippen LogP contribution in [0.2, 0.25) is 0 Å². The van der Waals surface area contributed by atoms with E-state index >= 15 is 0 Å². The molecule has 3 rings (SSSR count). The fraction of sp³-hybridized carbons (Fsp3) is 0.231. The summed E-state index contributed by atoms with van der Waals surface area (Å²) in [7, 11) is 0. The number of phenolic OH excluding ortho intramolecular Hbond substituents is 1. The van der Waals surface area contributed by atoms with Crippen LogP contribution in [0.25, 0.3) is 6.08 Å². The number of rotatable bonds is 2. The van der Waals surface area contributed by atoms with Crippen LogP contribution in [-0.2, 0) is 4.79 Å². The van der Waals surface area contributed by atoms with E-state index in [-0.39, 0.29) is 17.7 Å². The summed E-state index contributed by atoms with van der Waals surface area (Å²) < 4.78 is 0. The number of aromatic hydroxyl groups is 1. The smallest absolute Gasteiger partial charge is 0.276 e. The van der Waals surface area contributed by atoms with Gasteiger partial charge in [0.25, 0.3) is 5.91 Å². The first-order chi connectivity index (χ1) is 8.66. The second kappa shape index (κ2) is 4.10. The molecule has 92 valence electrons. The average molecular weight is 260 g/mol. The molecule has 4 nitrogen and oxygen atoms in total. The summed E-state index contributed by atoms with van der Waals surface area (Å²) in [5.41, 5.74) is 1.03. The van der Waals surface area contributed by atoms with Crippen molar-refractivity contribution in [1.82, 2.24) is 10.2 Å². The fourth-order valence-corrected chi connectivity index (χ4v) is 2.32. The molecule has 2 fully saturated rings. The highest BCUT2D eigenvalue weighted by Crippen LogP contribution is 2.31. The van der Waals surface area contributed by atoms with Crippen LogP contribution in [0.15, 0.2) is 30.0 Å². The molecule has 1 saturated carbocycles. The molecule has 2 N–H and O–H groups in total. The third kappa shape index (κ3) is 1.86. The highest BCUT2D eigenvalue weighted by molar-refractivity contribution is 7.80. The Kier molecular flexibility index (Phi) is 2.56. The van der Waals surface area contributed by atoms with Gasteiger partial charge in [-0.05, 0) is 37.2 Å². The lowest BCUT2D eigenvalue weighted by Gasteiger charge is -2.11. The third-order valence-corrected chi connectivity index (χ3v) is 3.36. The van der Waals surface area contributed by atoms with Crippen LogP contribution < -0.4 is 5.32 Å². The lowest BCUT2D eigenvalue weighted by atomic mass is 10.1. The largest absolute Gasteiger partial charge is 0.507 e. The first-order valence-electron chi connectivity index (χ1n) is 5.81. The van der Waals surface area contributed by atoms with Crippen molar-refractivity contribution in [3.63, 3.8) is 0 Å². The Balaban J connectivity index is 1.92. The fourth-order valence-electron chi connectivity index (χ4n) is 1.98. The summed E-state index contributed by atoms with van der Waals surface area (Å²) in [6.45, 7) is 0. The van der Waals surface area contributed by atoms with Crippen LogP contribution in [0.3, 0.4) is 0 Å². The number of benzene rings is 1. The molecule has 2 aliphatic rings. The minimum atomic E-state index is -0.106. The summed E-state index contributed by atoms with van der Waals surface area (Å²) in [5.74, 6) is 0.0427. The molecular weight excluding hydrogens is 248 g/mol. The summed E-state index contributed by atoms with van der Waals surface area (Å²) in [6.07, 6.45) is 3.65. The first-order valence-corrected chi connectivity index (χ1v) is 6.22. The molecule has 1 amide bonds.